The van der Waals surface area contributed by atoms with Crippen molar-refractivity contribution in [2.45, 2.75) is 0 Å². The molecule has 6 heteroatoms. The molecular weight excluding hydrogens is 426 g/mol. The number of halogens is 2. The quantitative estimate of drug-likeness (QED) is 0.415. The zero-order valence-corrected chi connectivity index (χ0v) is 15.3. The van der Waals surface area contributed by atoms with E-state index in [1.165, 1.54) is 11.3 Å². The van der Waals surface area contributed by atoms with E-state index in [4.69, 9.17) is 0 Å². The molecule has 1 N–H and O–H groups in total. The number of aromatic nitrogens is 1. The van der Waals surface area contributed by atoms with Crippen molar-refractivity contribution in [1.29, 1.82) is 0 Å². The highest BCUT2D eigenvalue weighted by Gasteiger charge is 2.04. The highest BCUT2D eigenvalue weighted by atomic mass is 79.9. The molecule has 3 nitrogen and oxygen atoms in total. The van der Waals surface area contributed by atoms with E-state index in [1.807, 2.05) is 53.9 Å². The number of hydrogen-bond donors (Lipinski definition) is 1. The zero-order valence-electron chi connectivity index (χ0n) is 11.3. The molecule has 2 aromatic carbocycles. The average Bonchev–Trinajstić information content (AvgIpc) is 3.00. The minimum absolute atomic E-state index is 0.762. The first kappa shape index (κ1) is 15.4. The number of hydrogen-bond acceptors (Lipinski definition) is 4. The molecule has 0 unspecified atom stereocenters. The lowest BCUT2D eigenvalue weighted by molar-refractivity contribution is 1.29. The summed E-state index contributed by atoms with van der Waals surface area (Å²) in [5.41, 5.74) is 6.00. The van der Waals surface area contributed by atoms with Gasteiger partial charge < -0.3 is 0 Å². The highest BCUT2D eigenvalue weighted by molar-refractivity contribution is 9.11. The Bertz CT molecular complexity index is 780. The lowest BCUT2D eigenvalue weighted by Crippen LogP contribution is -1.92. The van der Waals surface area contributed by atoms with E-state index in [2.05, 4.69) is 47.4 Å². The van der Waals surface area contributed by atoms with Gasteiger partial charge in [0.15, 0.2) is 0 Å². The summed E-state index contributed by atoms with van der Waals surface area (Å²) in [6.07, 6.45) is 1.76. The van der Waals surface area contributed by atoms with Crippen molar-refractivity contribution in [3.63, 3.8) is 0 Å². The van der Waals surface area contributed by atoms with Gasteiger partial charge in [0.2, 0.25) is 5.13 Å². The number of rotatable bonds is 4. The van der Waals surface area contributed by atoms with Crippen LogP contribution in [0.5, 0.6) is 0 Å². The molecule has 0 saturated heterocycles. The summed E-state index contributed by atoms with van der Waals surface area (Å²) in [6.45, 7) is 0. The second kappa shape index (κ2) is 7.17. The summed E-state index contributed by atoms with van der Waals surface area (Å²) in [7, 11) is 0. The molecule has 0 amide bonds. The van der Waals surface area contributed by atoms with Crippen LogP contribution in [0.3, 0.4) is 0 Å². The van der Waals surface area contributed by atoms with Crippen LogP contribution >= 0.6 is 43.2 Å². The molecule has 0 radical (unpaired) electrons. The smallest absolute Gasteiger partial charge is 0.203 e. The lowest BCUT2D eigenvalue weighted by atomic mass is 10.2. The van der Waals surface area contributed by atoms with Crippen LogP contribution in [-0.4, -0.2) is 11.2 Å². The minimum atomic E-state index is 0.762. The Balaban J connectivity index is 1.72. The van der Waals surface area contributed by atoms with Gasteiger partial charge in [-0.05, 0) is 12.1 Å². The van der Waals surface area contributed by atoms with Gasteiger partial charge in [0.25, 0.3) is 0 Å². The molecule has 1 heterocycles. The predicted octanol–water partition coefficient (Wildman–Crippen LogP) is 5.78. The molecule has 0 atom stereocenters. The van der Waals surface area contributed by atoms with Crippen molar-refractivity contribution in [2.75, 3.05) is 5.43 Å². The molecule has 3 aromatic rings. The van der Waals surface area contributed by atoms with Crippen molar-refractivity contribution >= 4 is 54.5 Å². The van der Waals surface area contributed by atoms with Gasteiger partial charge in [-0.3, -0.25) is 5.43 Å². The zero-order chi connectivity index (χ0) is 15.4. The fourth-order valence-corrected chi connectivity index (χ4v) is 3.72. The molecule has 0 saturated carbocycles. The highest BCUT2D eigenvalue weighted by Crippen LogP contribution is 2.25. The Morgan fingerprint density at radius 1 is 1.00 bits per heavy atom. The van der Waals surface area contributed by atoms with E-state index in [0.717, 1.165) is 30.9 Å². The maximum absolute atomic E-state index is 4.53. The lowest BCUT2D eigenvalue weighted by Gasteiger charge is -2.00. The van der Waals surface area contributed by atoms with Crippen molar-refractivity contribution in [2.24, 2.45) is 5.10 Å². The minimum Gasteiger partial charge on any atom is -0.253 e. The van der Waals surface area contributed by atoms with Crippen LogP contribution in [0.1, 0.15) is 5.56 Å². The maximum Gasteiger partial charge on any atom is 0.203 e. The van der Waals surface area contributed by atoms with Crippen molar-refractivity contribution in [3.05, 3.63) is 68.4 Å². The van der Waals surface area contributed by atoms with Gasteiger partial charge in [0.1, 0.15) is 0 Å². The largest absolute Gasteiger partial charge is 0.253 e. The first-order chi connectivity index (χ1) is 10.7. The summed E-state index contributed by atoms with van der Waals surface area (Å²) < 4.78 is 1.97. The number of thiazole rings is 1. The van der Waals surface area contributed by atoms with E-state index >= 15 is 0 Å². The van der Waals surface area contributed by atoms with Gasteiger partial charge in [-0.2, -0.15) is 5.10 Å². The summed E-state index contributed by atoms with van der Waals surface area (Å²) in [6, 6.07) is 16.0. The third-order valence-corrected chi connectivity index (χ3v) is 5.06. The SMILES string of the molecule is Brc1cccc(Br)c1C=NNc1nc(-c2ccccc2)cs1. The molecule has 110 valence electrons. The van der Waals surface area contributed by atoms with Crippen molar-refractivity contribution in [1.82, 2.24) is 4.98 Å². The fourth-order valence-electron chi connectivity index (χ4n) is 1.85. The monoisotopic (exact) mass is 435 g/mol. The van der Waals surface area contributed by atoms with Gasteiger partial charge in [-0.15, -0.1) is 11.3 Å². The van der Waals surface area contributed by atoms with Crippen LogP contribution < -0.4 is 5.43 Å². The average molecular weight is 437 g/mol. The number of nitrogens with zero attached hydrogens (tertiary/aromatic N) is 2. The number of benzene rings is 2. The third-order valence-electron chi connectivity index (χ3n) is 2.93. The van der Waals surface area contributed by atoms with E-state index < -0.39 is 0 Å². The first-order valence-electron chi connectivity index (χ1n) is 6.48. The summed E-state index contributed by atoms with van der Waals surface area (Å²) in [5.74, 6) is 0. The molecule has 1 aromatic heterocycles. The van der Waals surface area contributed by atoms with Crippen molar-refractivity contribution in [3.8, 4) is 11.3 Å². The summed E-state index contributed by atoms with van der Waals surface area (Å²) in [5, 5.41) is 7.03. The standard InChI is InChI=1S/C16H11Br2N3S/c17-13-7-4-8-14(18)12(13)9-19-21-16-20-15(10-22-16)11-5-2-1-3-6-11/h1-10H,(H,20,21). The molecule has 0 aliphatic heterocycles. The summed E-state index contributed by atoms with van der Waals surface area (Å²) >= 11 is 8.54. The summed E-state index contributed by atoms with van der Waals surface area (Å²) in [4.78, 5) is 4.53. The molecular formula is C16H11Br2N3S. The Morgan fingerprint density at radius 2 is 1.73 bits per heavy atom. The predicted molar refractivity (Wildman–Crippen MR) is 101 cm³/mol. The van der Waals surface area contributed by atoms with E-state index in [9.17, 15) is 0 Å². The normalized spacial score (nSPS) is 11.0. The van der Waals surface area contributed by atoms with Gasteiger partial charge in [-0.25, -0.2) is 4.98 Å². The Hall–Kier alpha value is -1.50. The second-order valence-corrected chi connectivity index (χ2v) is 6.98. The molecule has 0 aliphatic carbocycles. The molecule has 0 aliphatic rings. The van der Waals surface area contributed by atoms with Crippen LogP contribution in [0.15, 0.2) is 68.0 Å². The molecule has 0 spiro atoms. The van der Waals surface area contributed by atoms with Crippen LogP contribution in [-0.2, 0) is 0 Å². The number of anilines is 1. The van der Waals surface area contributed by atoms with Gasteiger partial charge >= 0.3 is 0 Å². The van der Waals surface area contributed by atoms with E-state index in [1.54, 1.807) is 6.21 Å². The number of hydrazone groups is 1. The van der Waals surface area contributed by atoms with Gasteiger partial charge in [0.05, 0.1) is 11.9 Å². The second-order valence-electron chi connectivity index (χ2n) is 4.41. The Labute approximate surface area is 149 Å². The molecule has 22 heavy (non-hydrogen) atoms. The molecule has 3 rings (SSSR count). The van der Waals surface area contributed by atoms with Crippen LogP contribution in [0.2, 0.25) is 0 Å². The molecule has 0 bridgehead atoms. The van der Waals surface area contributed by atoms with Crippen LogP contribution in [0, 0.1) is 0 Å². The van der Waals surface area contributed by atoms with Gasteiger partial charge in [0, 0.05) is 25.5 Å². The van der Waals surface area contributed by atoms with Crippen molar-refractivity contribution < 1.29 is 0 Å². The van der Waals surface area contributed by atoms with Crippen LogP contribution in [0.4, 0.5) is 5.13 Å². The number of nitrogens with one attached hydrogen (secondary N) is 1. The third kappa shape index (κ3) is 3.63. The first-order valence-corrected chi connectivity index (χ1v) is 8.94. The fraction of sp³-hybridized carbons (Fsp3) is 0. The Morgan fingerprint density at radius 3 is 2.45 bits per heavy atom. The van der Waals surface area contributed by atoms with Gasteiger partial charge in [-0.1, -0.05) is 68.3 Å². The molecule has 0 fully saturated rings. The van der Waals surface area contributed by atoms with E-state index in [-0.39, 0.29) is 0 Å². The Kier molecular flexibility index (Phi) is 5.02. The van der Waals surface area contributed by atoms with E-state index in [0.29, 0.717) is 0 Å². The maximum atomic E-state index is 4.53. The topological polar surface area (TPSA) is 37.3 Å². The van der Waals surface area contributed by atoms with Crippen LogP contribution in [0.25, 0.3) is 11.3 Å².